The van der Waals surface area contributed by atoms with Crippen LogP contribution in [0.4, 0.5) is 4.39 Å². The Balaban J connectivity index is 2.27. The van der Waals surface area contributed by atoms with E-state index >= 15 is 0 Å². The van der Waals surface area contributed by atoms with Gasteiger partial charge in [0.25, 0.3) is 5.91 Å². The smallest absolute Gasteiger partial charge is 0.326 e. The molecule has 2 rings (SSSR count). The number of halogens is 1. The standard InChI is InChI=1S/C14H16FNO3S/c1-20-12-8-9(5-6-10(12)15)13(17)16-7-3-2-4-11(16)14(18)19/h5-6,8,11H,2-4,7H2,1H3,(H,18,19). The Morgan fingerprint density at radius 2 is 2.15 bits per heavy atom. The molecule has 1 N–H and O–H groups in total. The number of nitrogens with zero attached hydrogens (tertiary/aromatic N) is 1. The van der Waals surface area contributed by atoms with Crippen molar-refractivity contribution >= 4 is 23.6 Å². The number of aliphatic carboxylic acids is 1. The Morgan fingerprint density at radius 3 is 2.80 bits per heavy atom. The summed E-state index contributed by atoms with van der Waals surface area (Å²) in [7, 11) is 0. The second-order valence-electron chi connectivity index (χ2n) is 4.70. The second kappa shape index (κ2) is 6.26. The summed E-state index contributed by atoms with van der Waals surface area (Å²) in [5, 5.41) is 9.19. The highest BCUT2D eigenvalue weighted by Gasteiger charge is 2.32. The molecule has 1 unspecified atom stereocenters. The molecule has 108 valence electrons. The van der Waals surface area contributed by atoms with E-state index in [0.717, 1.165) is 12.8 Å². The number of carbonyl (C=O) groups excluding carboxylic acids is 1. The molecular formula is C14H16FNO3S. The number of rotatable bonds is 3. The van der Waals surface area contributed by atoms with Gasteiger partial charge in [-0.1, -0.05) is 0 Å². The zero-order valence-corrected chi connectivity index (χ0v) is 12.0. The minimum absolute atomic E-state index is 0.337. The minimum atomic E-state index is -0.981. The van der Waals surface area contributed by atoms with E-state index in [1.54, 1.807) is 6.26 Å². The van der Waals surface area contributed by atoms with Gasteiger partial charge in [0.2, 0.25) is 0 Å². The van der Waals surface area contributed by atoms with Crippen molar-refractivity contribution in [1.82, 2.24) is 4.90 Å². The number of amides is 1. The van der Waals surface area contributed by atoms with E-state index in [1.807, 2.05) is 0 Å². The first kappa shape index (κ1) is 14.8. The molecule has 0 aromatic heterocycles. The van der Waals surface area contributed by atoms with Crippen LogP contribution in [0.3, 0.4) is 0 Å². The Morgan fingerprint density at radius 1 is 1.40 bits per heavy atom. The fourth-order valence-corrected chi connectivity index (χ4v) is 2.90. The van der Waals surface area contributed by atoms with Crippen molar-refractivity contribution in [2.24, 2.45) is 0 Å². The maximum Gasteiger partial charge on any atom is 0.326 e. The molecule has 20 heavy (non-hydrogen) atoms. The third kappa shape index (κ3) is 2.95. The summed E-state index contributed by atoms with van der Waals surface area (Å²) in [6.07, 6.45) is 3.80. The van der Waals surface area contributed by atoms with Crippen molar-refractivity contribution in [3.8, 4) is 0 Å². The van der Waals surface area contributed by atoms with Crippen LogP contribution in [0.2, 0.25) is 0 Å². The van der Waals surface area contributed by atoms with E-state index in [9.17, 15) is 19.1 Å². The molecule has 1 aromatic carbocycles. The van der Waals surface area contributed by atoms with E-state index in [-0.39, 0.29) is 11.7 Å². The largest absolute Gasteiger partial charge is 0.480 e. The van der Waals surface area contributed by atoms with Crippen LogP contribution in [-0.4, -0.2) is 40.7 Å². The van der Waals surface area contributed by atoms with E-state index in [0.29, 0.717) is 23.4 Å². The van der Waals surface area contributed by atoms with Gasteiger partial charge in [0.15, 0.2) is 0 Å². The summed E-state index contributed by atoms with van der Waals surface area (Å²) in [6.45, 7) is 0.432. The van der Waals surface area contributed by atoms with Gasteiger partial charge in [-0.05, 0) is 43.7 Å². The Labute approximate surface area is 121 Å². The first-order valence-electron chi connectivity index (χ1n) is 6.42. The number of thioether (sulfide) groups is 1. The molecule has 0 saturated carbocycles. The lowest BCUT2D eigenvalue weighted by molar-refractivity contribution is -0.143. The molecule has 1 aliphatic rings. The van der Waals surface area contributed by atoms with Gasteiger partial charge >= 0.3 is 5.97 Å². The first-order valence-corrected chi connectivity index (χ1v) is 7.64. The molecule has 0 radical (unpaired) electrons. The minimum Gasteiger partial charge on any atom is -0.480 e. The summed E-state index contributed by atoms with van der Waals surface area (Å²) in [5.74, 6) is -1.69. The highest BCUT2D eigenvalue weighted by atomic mass is 32.2. The van der Waals surface area contributed by atoms with Crippen LogP contribution >= 0.6 is 11.8 Å². The summed E-state index contributed by atoms with van der Waals surface area (Å²) < 4.78 is 13.4. The summed E-state index contributed by atoms with van der Waals surface area (Å²) >= 11 is 1.22. The molecule has 1 saturated heterocycles. The molecule has 1 aromatic rings. The number of likely N-dealkylation sites (tertiary alicyclic amines) is 1. The summed E-state index contributed by atoms with van der Waals surface area (Å²) in [6, 6.07) is 3.36. The van der Waals surface area contributed by atoms with Crippen molar-refractivity contribution in [3.05, 3.63) is 29.6 Å². The fourth-order valence-electron chi connectivity index (χ4n) is 2.39. The van der Waals surface area contributed by atoms with Crippen molar-refractivity contribution < 1.29 is 19.1 Å². The number of carboxylic acids is 1. The molecule has 6 heteroatoms. The highest BCUT2D eigenvalue weighted by Crippen LogP contribution is 2.24. The van der Waals surface area contributed by atoms with Crippen molar-refractivity contribution in [2.45, 2.75) is 30.2 Å². The Hall–Kier alpha value is -1.56. The van der Waals surface area contributed by atoms with Crippen molar-refractivity contribution in [3.63, 3.8) is 0 Å². The van der Waals surface area contributed by atoms with Gasteiger partial charge in [0.05, 0.1) is 0 Å². The van der Waals surface area contributed by atoms with Gasteiger partial charge in [-0.2, -0.15) is 0 Å². The molecule has 1 heterocycles. The Bertz CT molecular complexity index is 535. The van der Waals surface area contributed by atoms with Crippen LogP contribution in [0.25, 0.3) is 0 Å². The molecular weight excluding hydrogens is 281 g/mol. The first-order chi connectivity index (χ1) is 9.54. The van der Waals surface area contributed by atoms with E-state index in [4.69, 9.17) is 0 Å². The topological polar surface area (TPSA) is 57.6 Å². The van der Waals surface area contributed by atoms with Crippen LogP contribution in [0.5, 0.6) is 0 Å². The molecule has 1 amide bonds. The molecule has 4 nitrogen and oxygen atoms in total. The Kier molecular flexibility index (Phi) is 4.65. The quantitative estimate of drug-likeness (QED) is 0.871. The average molecular weight is 297 g/mol. The van der Waals surface area contributed by atoms with Gasteiger partial charge in [-0.15, -0.1) is 11.8 Å². The SMILES string of the molecule is CSc1cc(C(=O)N2CCCCC2C(=O)O)ccc1F. The second-order valence-corrected chi connectivity index (χ2v) is 5.55. The van der Waals surface area contributed by atoms with Crippen LogP contribution in [0.1, 0.15) is 29.6 Å². The number of carbonyl (C=O) groups is 2. The third-order valence-electron chi connectivity index (χ3n) is 3.45. The van der Waals surface area contributed by atoms with E-state index in [1.165, 1.54) is 34.9 Å². The monoisotopic (exact) mass is 297 g/mol. The van der Waals surface area contributed by atoms with Gasteiger partial charge in [0.1, 0.15) is 11.9 Å². The van der Waals surface area contributed by atoms with Gasteiger partial charge in [-0.3, -0.25) is 4.79 Å². The third-order valence-corrected chi connectivity index (χ3v) is 4.20. The zero-order valence-electron chi connectivity index (χ0n) is 11.1. The van der Waals surface area contributed by atoms with Gasteiger partial charge in [-0.25, -0.2) is 9.18 Å². The lowest BCUT2D eigenvalue weighted by Crippen LogP contribution is -2.48. The number of hydrogen-bond donors (Lipinski definition) is 1. The summed E-state index contributed by atoms with van der Waals surface area (Å²) in [5.41, 5.74) is 0.337. The number of hydrogen-bond acceptors (Lipinski definition) is 3. The maximum atomic E-state index is 13.4. The van der Waals surface area contributed by atoms with Gasteiger partial charge < -0.3 is 10.0 Å². The molecule has 1 aliphatic heterocycles. The molecule has 1 atom stereocenters. The van der Waals surface area contributed by atoms with Crippen molar-refractivity contribution in [1.29, 1.82) is 0 Å². The zero-order chi connectivity index (χ0) is 14.7. The molecule has 1 fully saturated rings. The fraction of sp³-hybridized carbons (Fsp3) is 0.429. The van der Waals surface area contributed by atoms with Crippen LogP contribution < -0.4 is 0 Å². The van der Waals surface area contributed by atoms with Gasteiger partial charge in [0, 0.05) is 17.0 Å². The van der Waals surface area contributed by atoms with E-state index in [2.05, 4.69) is 0 Å². The van der Waals surface area contributed by atoms with Crippen molar-refractivity contribution in [2.75, 3.05) is 12.8 Å². The molecule has 0 bridgehead atoms. The normalized spacial score (nSPS) is 18.9. The predicted molar refractivity (Wildman–Crippen MR) is 74.5 cm³/mol. The number of piperidine rings is 1. The van der Waals surface area contributed by atoms with Crippen LogP contribution in [-0.2, 0) is 4.79 Å². The van der Waals surface area contributed by atoms with E-state index < -0.39 is 12.0 Å². The number of carboxylic acid groups (broad SMARTS) is 1. The summed E-state index contributed by atoms with van der Waals surface area (Å²) in [4.78, 5) is 25.4. The number of benzene rings is 1. The maximum absolute atomic E-state index is 13.4. The highest BCUT2D eigenvalue weighted by molar-refractivity contribution is 7.98. The lowest BCUT2D eigenvalue weighted by Gasteiger charge is -2.33. The predicted octanol–water partition coefficient (Wildman–Crippen LogP) is 2.63. The molecule has 0 aliphatic carbocycles. The van der Waals surface area contributed by atoms with Crippen LogP contribution in [0.15, 0.2) is 23.1 Å². The van der Waals surface area contributed by atoms with Crippen LogP contribution in [0, 0.1) is 5.82 Å². The lowest BCUT2D eigenvalue weighted by atomic mass is 10.0. The average Bonchev–Trinajstić information content (AvgIpc) is 2.47. The molecule has 0 spiro atoms.